The van der Waals surface area contributed by atoms with Crippen LogP contribution in [-0.2, 0) is 36.8 Å². The molecular formula is C97H112Br4Cl5N11O15. The van der Waals surface area contributed by atoms with Crippen molar-refractivity contribution >= 4 is 172 Å². The van der Waals surface area contributed by atoms with Gasteiger partial charge in [-0.3, -0.25) is 28.3 Å². The Labute approximate surface area is 826 Å². The molecule has 19 rings (SSSR count). The Morgan fingerprint density at radius 1 is 0.515 bits per heavy atom. The predicted octanol–water partition coefficient (Wildman–Crippen LogP) is 18.6. The van der Waals surface area contributed by atoms with Crippen LogP contribution in [0.5, 0.6) is 0 Å². The molecule has 2 aliphatic carbocycles. The average Bonchev–Trinajstić information content (AvgIpc) is 1.61. The van der Waals surface area contributed by atoms with E-state index in [-0.39, 0.29) is 137 Å². The van der Waals surface area contributed by atoms with Crippen molar-refractivity contribution < 1.29 is 58.9 Å². The molecule has 0 bridgehead atoms. The molecule has 7 fully saturated rings. The fourth-order valence-electron chi connectivity index (χ4n) is 18.4. The third-order valence-electron chi connectivity index (χ3n) is 24.7. The SMILES string of the molecule is C.C.C.C=C(Cl)C[C@@H]1NCCC[C@@H]1O.C=C(Cl)C[C@H]1[C@@H](O)CCCN1C(=O)OCC1c2ccccc2-c2ccccc21.O=C(C[C@H]1NCCC[C@@H]1O)Cn1cnc2cc(Br)c(Cl)cc2c1=O.O=C(OCC1c2ccccc2-c2ccccc21)N1CCC[C@@H]2OC(O)(CBr)C[C@@H]21.O=c1[nH]cnc2cc(Br)c(Cl)cc12.O=c1c2cc(Cl)c(Br)cc2ncn1CC1(O)C[C@@H]2NCCC[C@@H]2O1. The van der Waals surface area contributed by atoms with Gasteiger partial charge in [-0.25, -0.2) is 24.5 Å². The molecule has 7 aliphatic heterocycles. The number of fused-ring (bicyclic) bond motifs is 11. The number of H-pyrrole nitrogens is 1. The zero-order valence-electron chi connectivity index (χ0n) is 70.3. The lowest BCUT2D eigenvalue weighted by molar-refractivity contribution is -0.202. The average molecular weight is 2170 g/mol. The lowest BCUT2D eigenvalue weighted by atomic mass is 9.96. The van der Waals surface area contributed by atoms with E-state index in [1.807, 2.05) is 48.5 Å². The summed E-state index contributed by atoms with van der Waals surface area (Å²) < 4.78 is 28.0. The Bertz CT molecular complexity index is 5860. The van der Waals surface area contributed by atoms with Crippen molar-refractivity contribution in [1.29, 1.82) is 0 Å². The molecule has 9 aliphatic rings. The minimum atomic E-state index is -1.36. The quantitative estimate of drug-likeness (QED) is 0.0431. The van der Waals surface area contributed by atoms with E-state index in [2.05, 4.69) is 161 Å². The van der Waals surface area contributed by atoms with Crippen LogP contribution < -0.4 is 32.6 Å². The van der Waals surface area contributed by atoms with Gasteiger partial charge in [-0.05, 0) is 213 Å². The van der Waals surface area contributed by atoms with Gasteiger partial charge in [0.1, 0.15) is 13.2 Å². The van der Waals surface area contributed by atoms with Gasteiger partial charge in [-0.15, -0.1) is 0 Å². The number of hydrogen-bond donors (Lipinski definition) is 9. The molecule has 7 aromatic carbocycles. The topological polar surface area (TPSA) is 347 Å². The molecule has 9 N–H and O–H groups in total. The Morgan fingerprint density at radius 3 is 1.44 bits per heavy atom. The number of carbonyl (C=O) groups excluding carboxylic acids is 3. The van der Waals surface area contributed by atoms with Crippen molar-refractivity contribution in [2.75, 3.05) is 51.3 Å². The highest BCUT2D eigenvalue weighted by atomic mass is 79.9. The van der Waals surface area contributed by atoms with E-state index < -0.39 is 29.9 Å². The molecular weight excluding hydrogens is 2060 g/mol. The second kappa shape index (κ2) is 47.6. The smallest absolute Gasteiger partial charge is 0.410 e. The molecule has 26 nitrogen and oxygen atoms in total. The lowest BCUT2D eigenvalue weighted by Gasteiger charge is -2.38. The molecule has 7 saturated heterocycles. The highest BCUT2D eigenvalue weighted by Gasteiger charge is 2.51. The van der Waals surface area contributed by atoms with E-state index >= 15 is 0 Å². The van der Waals surface area contributed by atoms with Crippen LogP contribution in [0.4, 0.5) is 9.59 Å². The maximum atomic E-state index is 13.0. The molecule has 3 aromatic heterocycles. The first kappa shape index (κ1) is 105. The van der Waals surface area contributed by atoms with Gasteiger partial charge in [0.2, 0.25) is 0 Å². The first-order chi connectivity index (χ1) is 61.9. The number of nitrogens with one attached hydrogen (secondary N) is 4. The summed E-state index contributed by atoms with van der Waals surface area (Å²) in [5.41, 5.74) is 10.6. The predicted molar refractivity (Wildman–Crippen MR) is 535 cm³/mol. The summed E-state index contributed by atoms with van der Waals surface area (Å²) in [6.07, 6.45) is 12.6. The standard InChI is InChI=1S/C23H24BrNO4.C23H24ClNO3.2C16H17BrClN3O3.C8H4BrClN2O.C8H14ClNO.3CH4/c24-14-23(27)12-20-21(29-23)10-5-11-25(20)22(26)28-13-19-17-8-3-1-6-15(17)16-7-2-4-9-18(16)19;1-15(24)13-21-22(26)11-6-12-25(21)23(27)28-14-20-18-9-4-2-7-16(18)17-8-3-5-10-19(17)20;17-10-5-12-9(4-11(10)18)15(22)21(8-20-12)7-16(23)6-13-14(24-16)2-1-3-19-13;17-11-6-13-10(5-12(11)18)16(24)21(8-20-13)7-9(22)4-14-15(23)2-1-3-19-14;9-5-2-7-4(1-6(5)10)8(13)12-3-11-7;1-6(9)5-7-8(11)3-2-4-10-7;;;/h1-4,6-9,19-21,27H,5,10-14H2;2-5,7-10,20-22,26H,1,6,11-14H2;4-5,8,13-14,19,23H,1-3,6-7H2;5-6,8,14-15,19,23H,1-4,7H2;1-3H,(H,11,12,13);7-8,10-11H,1-5H2;3*1H4/t20-,21-,23?;21-,22-;13-,14-,16?;14-,15+;;7-,8-;;;/m0001.0.../s1. The minimum Gasteiger partial charge on any atom is -0.448 e. The number of alkyl halides is 1. The van der Waals surface area contributed by atoms with Gasteiger partial charge in [0, 0.05) is 98.6 Å². The second-order valence-electron chi connectivity index (χ2n) is 33.6. The van der Waals surface area contributed by atoms with Crippen LogP contribution >= 0.6 is 122 Å². The van der Waals surface area contributed by atoms with Crippen molar-refractivity contribution in [3.63, 3.8) is 0 Å². The van der Waals surface area contributed by atoms with Crippen molar-refractivity contribution in [1.82, 2.24) is 54.8 Å². The van der Waals surface area contributed by atoms with E-state index in [1.54, 1.807) is 46.2 Å². The summed E-state index contributed by atoms with van der Waals surface area (Å²) >= 11 is 42.7. The number of ether oxygens (including phenoxy) is 4. The molecule has 0 spiro atoms. The number of amides is 2. The number of aliphatic hydroxyl groups is 5. The first-order valence-electron chi connectivity index (χ1n) is 43.0. The summed E-state index contributed by atoms with van der Waals surface area (Å²) in [5, 5.41) is 64.8. The number of halogens is 9. The number of Topliss-reactive ketones (excluding diaryl/α,β-unsaturated/α-hetero) is 1. The number of aliphatic hydroxyl groups excluding tert-OH is 3. The highest BCUT2D eigenvalue weighted by Crippen LogP contribution is 2.47. The Kier molecular flexibility index (Phi) is 37.9. The first-order valence-corrected chi connectivity index (χ1v) is 48.4. The number of ketones is 1. The third kappa shape index (κ3) is 25.3. The van der Waals surface area contributed by atoms with E-state index in [0.29, 0.717) is 130 Å². The van der Waals surface area contributed by atoms with Gasteiger partial charge in [0.15, 0.2) is 17.4 Å². The van der Waals surface area contributed by atoms with Gasteiger partial charge >= 0.3 is 12.2 Å². The van der Waals surface area contributed by atoms with Crippen LogP contribution in [0.25, 0.3) is 55.0 Å². The number of likely N-dealkylation sites (tertiary alicyclic amines) is 2. The number of rotatable bonds is 15. The van der Waals surface area contributed by atoms with Crippen LogP contribution in [0.2, 0.25) is 15.1 Å². The number of piperidine rings is 5. The number of hydrogen-bond acceptors (Lipinski definition) is 21. The third-order valence-corrected chi connectivity index (χ3v) is 29.5. The normalized spacial score (nSPS) is 23.6. The van der Waals surface area contributed by atoms with Crippen molar-refractivity contribution in [2.24, 2.45) is 0 Å². The van der Waals surface area contributed by atoms with Crippen molar-refractivity contribution in [2.45, 2.75) is 216 Å². The summed E-state index contributed by atoms with van der Waals surface area (Å²) in [4.78, 5) is 92.9. The van der Waals surface area contributed by atoms with Gasteiger partial charge < -0.3 is 75.2 Å². The lowest BCUT2D eigenvalue weighted by Crippen LogP contribution is -2.51. The maximum Gasteiger partial charge on any atom is 0.410 e. The summed E-state index contributed by atoms with van der Waals surface area (Å²) in [6.45, 7) is 11.8. The van der Waals surface area contributed by atoms with E-state index in [1.165, 1.54) is 72.6 Å². The zero-order valence-corrected chi connectivity index (χ0v) is 80.4. The van der Waals surface area contributed by atoms with E-state index in [4.69, 9.17) is 77.0 Å². The molecule has 2 amide bonds. The number of nitrogens with zero attached hydrogens (tertiary/aromatic N) is 7. The molecule has 35 heteroatoms. The van der Waals surface area contributed by atoms with Gasteiger partial charge in [-0.2, -0.15) is 0 Å². The monoisotopic (exact) mass is 2160 g/mol. The summed E-state index contributed by atoms with van der Waals surface area (Å²) in [7, 11) is 0. The van der Waals surface area contributed by atoms with Crippen molar-refractivity contribution in [3.8, 4) is 22.3 Å². The Hall–Kier alpha value is -7.38. The van der Waals surface area contributed by atoms with Crippen LogP contribution in [-0.4, -0.2) is 206 Å². The molecule has 132 heavy (non-hydrogen) atoms. The molecule has 0 saturated carbocycles. The molecule has 0 radical (unpaired) electrons. The molecule has 2 unspecified atom stereocenters. The van der Waals surface area contributed by atoms with Crippen LogP contribution in [0.15, 0.2) is 203 Å². The Morgan fingerprint density at radius 2 is 0.939 bits per heavy atom. The van der Waals surface area contributed by atoms with Gasteiger partial charge in [0.05, 0.1) is 128 Å². The summed E-state index contributed by atoms with van der Waals surface area (Å²) in [6, 6.07) is 42.5. The number of benzene rings is 7. The maximum absolute atomic E-state index is 13.0. The van der Waals surface area contributed by atoms with Crippen LogP contribution in [0, 0.1) is 0 Å². The second-order valence-corrected chi connectivity index (χ2v) is 39.0. The number of aromatic nitrogens is 6. The zero-order chi connectivity index (χ0) is 91.5. The van der Waals surface area contributed by atoms with Gasteiger partial charge in [-0.1, -0.05) is 206 Å². The highest BCUT2D eigenvalue weighted by molar-refractivity contribution is 9.11. The fraction of sp³-hybridized carbons (Fsp3) is 0.433. The van der Waals surface area contributed by atoms with Crippen LogP contribution in [0.3, 0.4) is 0 Å². The largest absolute Gasteiger partial charge is 0.448 e. The Balaban J connectivity index is 0.000000156. The molecule has 12 atom stereocenters. The van der Waals surface area contributed by atoms with Crippen LogP contribution in [0.1, 0.15) is 153 Å². The van der Waals surface area contributed by atoms with Crippen molar-refractivity contribution in [3.05, 3.63) is 257 Å². The minimum absolute atomic E-state index is 0. The van der Waals surface area contributed by atoms with Gasteiger partial charge in [0.25, 0.3) is 16.7 Å². The number of carbonyl (C=O) groups is 3. The summed E-state index contributed by atoms with van der Waals surface area (Å²) in [5.74, 6) is -2.62. The van der Waals surface area contributed by atoms with E-state index in [9.17, 15) is 54.3 Å². The fourth-order valence-corrected chi connectivity index (χ4v) is 20.6. The van der Waals surface area contributed by atoms with E-state index in [0.717, 1.165) is 75.5 Å². The number of aromatic amines is 1. The molecule has 10 heterocycles. The molecule has 10 aromatic rings. The molecule has 708 valence electrons.